The molecule has 0 unspecified atom stereocenters. The molecule has 2 aromatic carbocycles. The van der Waals surface area contributed by atoms with E-state index >= 15 is 0 Å². The summed E-state index contributed by atoms with van der Waals surface area (Å²) in [6, 6.07) is 14.9. The molecule has 0 aliphatic carbocycles. The Morgan fingerprint density at radius 1 is 1.29 bits per heavy atom. The molecule has 31 heavy (non-hydrogen) atoms. The number of thiazole rings is 1. The second-order valence-electron chi connectivity index (χ2n) is 6.59. The lowest BCUT2D eigenvalue weighted by Crippen LogP contribution is -2.15. The van der Waals surface area contributed by atoms with Crippen molar-refractivity contribution in [2.75, 3.05) is 11.1 Å². The minimum absolute atomic E-state index is 0.108. The average molecular weight is 489 g/mol. The van der Waals surface area contributed by atoms with E-state index in [0.29, 0.717) is 24.5 Å². The van der Waals surface area contributed by atoms with Gasteiger partial charge in [-0.25, -0.2) is 4.98 Å². The molecule has 10 heteroatoms. The van der Waals surface area contributed by atoms with E-state index in [1.165, 1.54) is 11.3 Å². The molecule has 2 aromatic heterocycles. The molecular weight excluding hydrogens is 472 g/mol. The lowest BCUT2D eigenvalue weighted by atomic mass is 10.1. The standard InChI is InChI=1S/C21H17ClN4O2S3/c1-2-12-4-3-5-14(10-12)23-16(27)11-30-20-24-18-17(19(28)25-20)31-21(29)26(18)15-8-6-13(22)7-9-15/h3-10H,2,11H2,1H3,(H,23,27)(H,24,25,28). The van der Waals surface area contributed by atoms with Crippen LogP contribution in [0.5, 0.6) is 0 Å². The van der Waals surface area contributed by atoms with Gasteiger partial charge in [0.15, 0.2) is 14.8 Å². The van der Waals surface area contributed by atoms with Crippen LogP contribution in [0.15, 0.2) is 58.5 Å². The van der Waals surface area contributed by atoms with Crippen LogP contribution in [-0.2, 0) is 11.2 Å². The van der Waals surface area contributed by atoms with Gasteiger partial charge in [-0.05, 0) is 60.6 Å². The molecule has 0 fully saturated rings. The van der Waals surface area contributed by atoms with Crippen molar-refractivity contribution < 1.29 is 4.79 Å². The highest BCUT2D eigenvalue weighted by Crippen LogP contribution is 2.25. The number of carbonyl (C=O) groups is 1. The van der Waals surface area contributed by atoms with Crippen LogP contribution < -0.4 is 10.9 Å². The number of aryl methyl sites for hydroxylation is 1. The van der Waals surface area contributed by atoms with Gasteiger partial charge in [-0.15, -0.1) is 0 Å². The molecule has 2 heterocycles. The molecule has 0 saturated heterocycles. The first-order valence-corrected chi connectivity index (χ1v) is 12.0. The van der Waals surface area contributed by atoms with Crippen molar-refractivity contribution in [3.05, 3.63) is 73.4 Å². The monoisotopic (exact) mass is 488 g/mol. The van der Waals surface area contributed by atoms with Crippen LogP contribution in [0, 0.1) is 3.95 Å². The van der Waals surface area contributed by atoms with Crippen molar-refractivity contribution in [3.8, 4) is 5.69 Å². The summed E-state index contributed by atoms with van der Waals surface area (Å²) in [7, 11) is 0. The lowest BCUT2D eigenvalue weighted by Gasteiger charge is -2.07. The zero-order valence-corrected chi connectivity index (χ0v) is 19.6. The molecule has 158 valence electrons. The van der Waals surface area contributed by atoms with Crippen molar-refractivity contribution in [1.82, 2.24) is 14.5 Å². The van der Waals surface area contributed by atoms with Crippen LogP contribution in [0.25, 0.3) is 16.0 Å². The minimum atomic E-state index is -0.285. The van der Waals surface area contributed by atoms with Gasteiger partial charge in [0.25, 0.3) is 5.56 Å². The Kier molecular flexibility index (Phi) is 6.57. The number of carbonyl (C=O) groups excluding carboxylic acids is 1. The molecule has 0 spiro atoms. The number of hydrogen-bond donors (Lipinski definition) is 2. The zero-order chi connectivity index (χ0) is 22.0. The molecule has 4 rings (SSSR count). The third kappa shape index (κ3) is 4.90. The summed E-state index contributed by atoms with van der Waals surface area (Å²) in [6.45, 7) is 2.06. The van der Waals surface area contributed by atoms with Crippen LogP contribution in [0.3, 0.4) is 0 Å². The van der Waals surface area contributed by atoms with Gasteiger partial charge >= 0.3 is 0 Å². The Balaban J connectivity index is 1.57. The number of nitrogens with one attached hydrogen (secondary N) is 2. The first-order chi connectivity index (χ1) is 14.9. The molecule has 0 aliphatic rings. The van der Waals surface area contributed by atoms with Gasteiger partial charge in [0.2, 0.25) is 5.91 Å². The van der Waals surface area contributed by atoms with E-state index in [9.17, 15) is 9.59 Å². The average Bonchev–Trinajstić information content (AvgIpc) is 3.09. The van der Waals surface area contributed by atoms with Crippen LogP contribution >= 0.6 is 46.9 Å². The summed E-state index contributed by atoms with van der Waals surface area (Å²) in [5, 5.41) is 3.83. The lowest BCUT2D eigenvalue weighted by molar-refractivity contribution is -0.113. The molecule has 0 aliphatic heterocycles. The maximum absolute atomic E-state index is 12.6. The number of nitrogens with zero attached hydrogens (tertiary/aromatic N) is 2. The number of H-pyrrole nitrogens is 1. The first kappa shape index (κ1) is 21.8. The topological polar surface area (TPSA) is 79.8 Å². The zero-order valence-electron chi connectivity index (χ0n) is 16.3. The highest BCUT2D eigenvalue weighted by atomic mass is 35.5. The molecule has 0 radical (unpaired) electrons. The third-order valence-electron chi connectivity index (χ3n) is 4.46. The summed E-state index contributed by atoms with van der Waals surface area (Å²) in [5.41, 5.74) is 2.83. The van der Waals surface area contributed by atoms with Crippen LogP contribution in [-0.4, -0.2) is 26.2 Å². The normalized spacial score (nSPS) is 11.0. The number of rotatable bonds is 6. The Bertz CT molecular complexity index is 1380. The summed E-state index contributed by atoms with van der Waals surface area (Å²) in [4.78, 5) is 32.2. The Hall–Kier alpha value is -2.46. The van der Waals surface area contributed by atoms with E-state index in [2.05, 4.69) is 22.2 Å². The van der Waals surface area contributed by atoms with Crippen LogP contribution in [0.4, 0.5) is 5.69 Å². The van der Waals surface area contributed by atoms with E-state index in [0.717, 1.165) is 35.1 Å². The van der Waals surface area contributed by atoms with Crippen LogP contribution in [0.1, 0.15) is 12.5 Å². The molecule has 6 nitrogen and oxygen atoms in total. The number of thioether (sulfide) groups is 1. The predicted molar refractivity (Wildman–Crippen MR) is 131 cm³/mol. The molecule has 2 N–H and O–H groups in total. The van der Waals surface area contributed by atoms with Gasteiger partial charge in [-0.2, -0.15) is 0 Å². The number of fused-ring (bicyclic) bond motifs is 1. The summed E-state index contributed by atoms with van der Waals surface area (Å²) in [6.07, 6.45) is 0.892. The highest BCUT2D eigenvalue weighted by molar-refractivity contribution is 7.99. The van der Waals surface area contributed by atoms with Crippen molar-refractivity contribution in [3.63, 3.8) is 0 Å². The minimum Gasteiger partial charge on any atom is -0.325 e. The number of anilines is 1. The molecule has 4 aromatic rings. The Morgan fingerprint density at radius 2 is 2.06 bits per heavy atom. The summed E-state index contributed by atoms with van der Waals surface area (Å²) in [5.74, 6) is -0.0720. The molecule has 0 saturated carbocycles. The van der Waals surface area contributed by atoms with E-state index < -0.39 is 0 Å². The Labute approximate surface area is 196 Å². The highest BCUT2D eigenvalue weighted by Gasteiger charge is 2.15. The van der Waals surface area contributed by atoms with Gasteiger partial charge in [0.05, 0.1) is 5.75 Å². The number of benzene rings is 2. The van der Waals surface area contributed by atoms with Gasteiger partial charge < -0.3 is 10.3 Å². The van der Waals surface area contributed by atoms with Crippen molar-refractivity contribution in [2.45, 2.75) is 18.5 Å². The molecular formula is C21H17ClN4O2S3. The molecule has 1 amide bonds. The largest absolute Gasteiger partial charge is 0.325 e. The number of aromatic amines is 1. The van der Waals surface area contributed by atoms with Crippen molar-refractivity contribution >= 4 is 68.9 Å². The number of aromatic nitrogens is 3. The fourth-order valence-electron chi connectivity index (χ4n) is 2.98. The smallest absolute Gasteiger partial charge is 0.271 e. The van der Waals surface area contributed by atoms with Crippen LogP contribution in [0.2, 0.25) is 5.02 Å². The fourth-order valence-corrected chi connectivity index (χ4v) is 5.03. The summed E-state index contributed by atoms with van der Waals surface area (Å²) >= 11 is 13.8. The molecule has 0 bridgehead atoms. The predicted octanol–water partition coefficient (Wildman–Crippen LogP) is 5.45. The fraction of sp³-hybridized carbons (Fsp3) is 0.143. The maximum atomic E-state index is 12.6. The second-order valence-corrected chi connectivity index (χ2v) is 9.64. The molecule has 0 atom stereocenters. The SMILES string of the molecule is CCc1cccc(NC(=O)CSc2nc3c(sc(=S)n3-c3ccc(Cl)cc3)c(=O)[nH]2)c1. The van der Waals surface area contributed by atoms with Gasteiger partial charge in [0, 0.05) is 16.4 Å². The second kappa shape index (κ2) is 9.35. The van der Waals surface area contributed by atoms with Gasteiger partial charge in [0.1, 0.15) is 4.70 Å². The van der Waals surface area contributed by atoms with E-state index in [4.69, 9.17) is 23.8 Å². The van der Waals surface area contributed by atoms with Crippen molar-refractivity contribution in [2.24, 2.45) is 0 Å². The van der Waals surface area contributed by atoms with E-state index in [1.54, 1.807) is 16.7 Å². The van der Waals surface area contributed by atoms with Gasteiger partial charge in [-0.3, -0.25) is 14.2 Å². The Morgan fingerprint density at radius 3 is 2.81 bits per heavy atom. The van der Waals surface area contributed by atoms with E-state index in [1.807, 2.05) is 36.4 Å². The number of amides is 1. The quantitative estimate of drug-likeness (QED) is 0.214. The van der Waals surface area contributed by atoms with Crippen molar-refractivity contribution in [1.29, 1.82) is 0 Å². The maximum Gasteiger partial charge on any atom is 0.271 e. The summed E-state index contributed by atoms with van der Waals surface area (Å²) < 4.78 is 2.68. The van der Waals surface area contributed by atoms with Gasteiger partial charge in [-0.1, -0.05) is 53.8 Å². The number of hydrogen-bond acceptors (Lipinski definition) is 6. The number of halogens is 1. The first-order valence-electron chi connectivity index (χ1n) is 9.38. The van der Waals surface area contributed by atoms with E-state index in [-0.39, 0.29) is 17.2 Å². The third-order valence-corrected chi connectivity index (χ3v) is 6.95.